The summed E-state index contributed by atoms with van der Waals surface area (Å²) >= 11 is 2.32. The Morgan fingerprint density at radius 3 is 2.88 bits per heavy atom. The molecule has 8 heteroatoms. The zero-order valence-corrected chi connectivity index (χ0v) is 18.0. The summed E-state index contributed by atoms with van der Waals surface area (Å²) in [6.07, 6.45) is 2.01. The molecule has 25 heavy (non-hydrogen) atoms. The summed E-state index contributed by atoms with van der Waals surface area (Å²) in [5, 5.41) is 5.55. The summed E-state index contributed by atoms with van der Waals surface area (Å²) in [5.74, 6) is 0. The lowest BCUT2D eigenvalue weighted by Crippen LogP contribution is -2.44. The fraction of sp³-hybridized carbons (Fsp3) is 0.529. The number of aromatic nitrogens is 2. The molecule has 1 aromatic carbocycles. The molecule has 1 aromatic heterocycles. The van der Waals surface area contributed by atoms with Crippen molar-refractivity contribution in [1.29, 1.82) is 0 Å². The number of benzene rings is 1. The minimum atomic E-state index is -0.493. The molecule has 0 aliphatic carbocycles. The van der Waals surface area contributed by atoms with Crippen LogP contribution < -0.4 is 0 Å². The number of fused-ring (bicyclic) bond motifs is 1. The number of morpholine rings is 1. The fourth-order valence-electron chi connectivity index (χ4n) is 2.95. The van der Waals surface area contributed by atoms with Crippen LogP contribution in [-0.2, 0) is 9.47 Å². The van der Waals surface area contributed by atoms with E-state index in [1.807, 2.05) is 31.4 Å². The highest BCUT2D eigenvalue weighted by molar-refractivity contribution is 14.2. The highest BCUT2D eigenvalue weighted by atomic mass is 127. The molecule has 1 amide bonds. The summed E-state index contributed by atoms with van der Waals surface area (Å²) in [5.41, 5.74) is 2.87. The van der Waals surface area contributed by atoms with Crippen LogP contribution >= 0.6 is 28.4 Å². The summed E-state index contributed by atoms with van der Waals surface area (Å²) in [4.78, 5) is 14.1. The van der Waals surface area contributed by atoms with Crippen LogP contribution in [0, 0.1) is 6.92 Å². The minimum absolute atomic E-state index is 0.147. The Labute approximate surface area is 162 Å². The van der Waals surface area contributed by atoms with Gasteiger partial charge >= 0.3 is 6.09 Å². The van der Waals surface area contributed by atoms with Crippen molar-refractivity contribution in [2.24, 2.45) is 0 Å². The highest BCUT2D eigenvalue weighted by Crippen LogP contribution is 2.33. The molecule has 2 heterocycles. The van der Waals surface area contributed by atoms with Crippen molar-refractivity contribution in [1.82, 2.24) is 14.5 Å². The van der Waals surface area contributed by atoms with Crippen molar-refractivity contribution in [2.75, 3.05) is 19.7 Å². The quantitative estimate of drug-likeness (QED) is 0.476. The maximum absolute atomic E-state index is 12.4. The Morgan fingerprint density at radius 1 is 1.44 bits per heavy atom. The molecule has 1 fully saturated rings. The second kappa shape index (κ2) is 7.37. The van der Waals surface area contributed by atoms with Crippen molar-refractivity contribution in [2.45, 2.75) is 39.4 Å². The van der Waals surface area contributed by atoms with E-state index in [0.29, 0.717) is 26.1 Å². The molecule has 1 aliphatic heterocycles. The van der Waals surface area contributed by atoms with E-state index in [4.69, 9.17) is 9.47 Å². The maximum atomic E-state index is 12.4. The standard InChI is InChI=1S/C17H23IN3O3P/c1-11-7-12-9-19-21(25-18)14(12)8-13(11)15-10-20(5-6-23-15)16(22)24-17(2,3)4/h7-9,15,25H,5-6,10H2,1-4H3. The van der Waals surface area contributed by atoms with E-state index >= 15 is 0 Å². The van der Waals surface area contributed by atoms with Crippen LogP contribution in [0.5, 0.6) is 0 Å². The van der Waals surface area contributed by atoms with E-state index in [1.165, 1.54) is 0 Å². The largest absolute Gasteiger partial charge is 0.444 e. The normalized spacial score (nSPS) is 19.1. The van der Waals surface area contributed by atoms with Gasteiger partial charge in [-0.1, -0.05) is 0 Å². The van der Waals surface area contributed by atoms with E-state index in [0.717, 1.165) is 22.0 Å². The van der Waals surface area contributed by atoms with Gasteiger partial charge in [0.1, 0.15) is 11.7 Å². The predicted octanol–water partition coefficient (Wildman–Crippen LogP) is 4.44. The molecule has 0 spiro atoms. The van der Waals surface area contributed by atoms with E-state index in [1.54, 1.807) is 4.90 Å². The van der Waals surface area contributed by atoms with Crippen molar-refractivity contribution < 1.29 is 14.3 Å². The first kappa shape index (κ1) is 18.9. The molecular weight excluding hydrogens is 452 g/mol. The van der Waals surface area contributed by atoms with Gasteiger partial charge in [0.25, 0.3) is 0 Å². The van der Waals surface area contributed by atoms with Gasteiger partial charge in [-0.3, -0.25) is 0 Å². The Hall–Kier alpha value is -0.920. The lowest BCUT2D eigenvalue weighted by Gasteiger charge is -2.35. The highest BCUT2D eigenvalue weighted by Gasteiger charge is 2.29. The number of halogens is 1. The number of amides is 1. The first-order valence-corrected chi connectivity index (χ1v) is 12.3. The number of ether oxygens (including phenoxy) is 2. The molecule has 3 rings (SSSR count). The third kappa shape index (κ3) is 4.26. The summed E-state index contributed by atoms with van der Waals surface area (Å²) in [6, 6.07) is 4.29. The van der Waals surface area contributed by atoms with Gasteiger partial charge in [-0.25, -0.2) is 9.25 Å². The van der Waals surface area contributed by atoms with Gasteiger partial charge in [0.15, 0.2) is 0 Å². The van der Waals surface area contributed by atoms with Gasteiger partial charge < -0.3 is 14.4 Å². The third-order valence-electron chi connectivity index (χ3n) is 4.10. The van der Waals surface area contributed by atoms with Gasteiger partial charge in [0, 0.05) is 11.9 Å². The second-order valence-electron chi connectivity index (χ2n) is 7.19. The minimum Gasteiger partial charge on any atom is -0.444 e. The first-order chi connectivity index (χ1) is 11.8. The SMILES string of the molecule is Cc1cc2cnn(PI)c2cc1C1CN(C(=O)OC(C)(C)C)CCO1. The molecule has 2 aromatic rings. The fourth-order valence-corrected chi connectivity index (χ4v) is 4.49. The first-order valence-electron chi connectivity index (χ1n) is 8.23. The Balaban J connectivity index is 1.84. The monoisotopic (exact) mass is 475 g/mol. The molecule has 1 aliphatic rings. The zero-order chi connectivity index (χ0) is 18.2. The number of nitrogens with zero attached hydrogens (tertiary/aromatic N) is 3. The molecule has 6 nitrogen and oxygen atoms in total. The molecule has 0 saturated carbocycles. The number of hydrogen-bond donors (Lipinski definition) is 0. The molecule has 0 N–H and O–H groups in total. The molecule has 2 atom stereocenters. The molecule has 1 saturated heterocycles. The van der Waals surface area contributed by atoms with Crippen LogP contribution in [0.15, 0.2) is 18.3 Å². The van der Waals surface area contributed by atoms with E-state index in [9.17, 15) is 4.79 Å². The number of rotatable bonds is 2. The van der Waals surface area contributed by atoms with Crippen molar-refractivity contribution >= 4 is 45.4 Å². The maximum Gasteiger partial charge on any atom is 0.410 e. The van der Waals surface area contributed by atoms with Gasteiger partial charge in [-0.2, -0.15) is 5.10 Å². The Morgan fingerprint density at radius 2 is 2.20 bits per heavy atom. The second-order valence-corrected chi connectivity index (χ2v) is 9.23. The number of aryl methyl sites for hydroxylation is 1. The smallest absolute Gasteiger partial charge is 0.410 e. The zero-order valence-electron chi connectivity index (χ0n) is 14.9. The molecule has 0 bridgehead atoms. The third-order valence-corrected chi connectivity index (χ3v) is 5.99. The van der Waals surface area contributed by atoms with Crippen LogP contribution in [0.3, 0.4) is 0 Å². The lowest BCUT2D eigenvalue weighted by molar-refractivity contribution is -0.0434. The number of hydrogen-bond acceptors (Lipinski definition) is 4. The molecule has 136 valence electrons. The molecule has 0 radical (unpaired) electrons. The summed E-state index contributed by atoms with van der Waals surface area (Å²) < 4.78 is 13.5. The molecule has 2 unspecified atom stereocenters. The summed E-state index contributed by atoms with van der Waals surface area (Å²) in [7, 11) is 0. The van der Waals surface area contributed by atoms with Crippen molar-refractivity contribution in [3.05, 3.63) is 29.5 Å². The number of carbonyl (C=O) groups excluding carboxylic acids is 1. The van der Waals surface area contributed by atoms with Crippen LogP contribution in [0.1, 0.15) is 38.0 Å². The van der Waals surface area contributed by atoms with Crippen molar-refractivity contribution in [3.63, 3.8) is 0 Å². The van der Waals surface area contributed by atoms with Gasteiger partial charge in [0.05, 0.1) is 31.2 Å². The van der Waals surface area contributed by atoms with Gasteiger partial charge in [-0.15, -0.1) is 0 Å². The summed E-state index contributed by atoms with van der Waals surface area (Å²) in [6.45, 7) is 9.29. The van der Waals surface area contributed by atoms with E-state index < -0.39 is 5.60 Å². The Kier molecular flexibility index (Phi) is 5.56. The van der Waals surface area contributed by atoms with Crippen molar-refractivity contribution in [3.8, 4) is 0 Å². The van der Waals surface area contributed by atoms with Crippen LogP contribution in [0.2, 0.25) is 0 Å². The average molecular weight is 475 g/mol. The van der Waals surface area contributed by atoms with Crippen LogP contribution in [0.4, 0.5) is 4.79 Å². The average Bonchev–Trinajstić information content (AvgIpc) is 2.94. The Bertz CT molecular complexity index is 787. The predicted molar refractivity (Wildman–Crippen MR) is 109 cm³/mol. The van der Waals surface area contributed by atoms with Crippen LogP contribution in [-0.4, -0.2) is 45.8 Å². The topological polar surface area (TPSA) is 56.6 Å². The van der Waals surface area contributed by atoms with E-state index in [-0.39, 0.29) is 12.2 Å². The van der Waals surface area contributed by atoms with Gasteiger partial charge in [-0.05, 0) is 73.0 Å². The number of carbonyl (C=O) groups is 1. The van der Waals surface area contributed by atoms with Gasteiger partial charge in [0.2, 0.25) is 0 Å². The van der Waals surface area contributed by atoms with Crippen LogP contribution in [0.25, 0.3) is 10.9 Å². The lowest BCUT2D eigenvalue weighted by atomic mass is 10.00. The molecular formula is C17H23IN3O3P. The van der Waals surface area contributed by atoms with E-state index in [2.05, 4.69) is 46.2 Å².